The number of rotatable bonds is 3. The second kappa shape index (κ2) is 6.10. The van der Waals surface area contributed by atoms with Crippen LogP contribution in [0.4, 0.5) is 16.4 Å². The van der Waals surface area contributed by atoms with Crippen LogP contribution in [0.3, 0.4) is 0 Å². The summed E-state index contributed by atoms with van der Waals surface area (Å²) in [6.45, 7) is 3.58. The van der Waals surface area contributed by atoms with Crippen molar-refractivity contribution < 1.29 is 13.2 Å². The van der Waals surface area contributed by atoms with E-state index < -0.39 is 15.9 Å². The molecule has 0 saturated heterocycles. The molecule has 0 aliphatic carbocycles. The number of amides is 2. The Morgan fingerprint density at radius 1 is 1.05 bits per heavy atom. The molecule has 0 saturated carbocycles. The van der Waals surface area contributed by atoms with E-state index >= 15 is 0 Å². The van der Waals surface area contributed by atoms with Crippen LogP contribution in [0.2, 0.25) is 0 Å². The first-order valence-electron chi connectivity index (χ1n) is 6.45. The van der Waals surface area contributed by atoms with Crippen LogP contribution < -0.4 is 10.6 Å². The fourth-order valence-electron chi connectivity index (χ4n) is 1.93. The van der Waals surface area contributed by atoms with Gasteiger partial charge in [0, 0.05) is 17.6 Å². The van der Waals surface area contributed by atoms with Crippen LogP contribution in [0.25, 0.3) is 0 Å². The number of aromatic nitrogens is 2. The van der Waals surface area contributed by atoms with Crippen molar-refractivity contribution in [2.45, 2.75) is 18.7 Å². The molecular formula is C14H16N4O3S. The lowest BCUT2D eigenvalue weighted by Crippen LogP contribution is -2.22. The van der Waals surface area contributed by atoms with E-state index in [4.69, 9.17) is 0 Å². The Hall–Kier alpha value is -2.48. The highest BCUT2D eigenvalue weighted by molar-refractivity contribution is 7.90. The Labute approximate surface area is 128 Å². The minimum atomic E-state index is -3.44. The van der Waals surface area contributed by atoms with Gasteiger partial charge in [0.25, 0.3) is 0 Å². The summed E-state index contributed by atoms with van der Waals surface area (Å²) in [7, 11) is -3.44. The molecule has 0 aliphatic heterocycles. The van der Waals surface area contributed by atoms with E-state index in [-0.39, 0.29) is 16.5 Å². The van der Waals surface area contributed by atoms with Crippen molar-refractivity contribution >= 4 is 27.5 Å². The van der Waals surface area contributed by atoms with Gasteiger partial charge in [-0.05, 0) is 32.0 Å². The number of urea groups is 1. The van der Waals surface area contributed by atoms with Crippen LogP contribution >= 0.6 is 0 Å². The van der Waals surface area contributed by atoms with Gasteiger partial charge in [-0.2, -0.15) is 0 Å². The van der Waals surface area contributed by atoms with Crippen molar-refractivity contribution in [3.05, 3.63) is 41.7 Å². The van der Waals surface area contributed by atoms with E-state index in [0.717, 1.165) is 17.6 Å². The summed E-state index contributed by atoms with van der Waals surface area (Å²) < 4.78 is 23.4. The lowest BCUT2D eigenvalue weighted by Gasteiger charge is -2.10. The van der Waals surface area contributed by atoms with Gasteiger partial charge in [0.05, 0.1) is 10.6 Å². The zero-order valence-corrected chi connectivity index (χ0v) is 13.2. The van der Waals surface area contributed by atoms with Gasteiger partial charge in [-0.25, -0.2) is 23.2 Å². The van der Waals surface area contributed by atoms with E-state index in [9.17, 15) is 13.2 Å². The Balaban J connectivity index is 2.20. The summed E-state index contributed by atoms with van der Waals surface area (Å²) in [6.07, 6.45) is 1.08. The van der Waals surface area contributed by atoms with Crippen molar-refractivity contribution in [3.63, 3.8) is 0 Å². The number of para-hydroxylation sites is 1. The third kappa shape index (κ3) is 4.01. The summed E-state index contributed by atoms with van der Waals surface area (Å²) in [5, 5.41) is 4.98. The Bertz CT molecular complexity index is 798. The third-order valence-electron chi connectivity index (χ3n) is 2.74. The highest BCUT2D eigenvalue weighted by atomic mass is 32.2. The van der Waals surface area contributed by atoms with E-state index in [2.05, 4.69) is 20.6 Å². The quantitative estimate of drug-likeness (QED) is 0.902. The van der Waals surface area contributed by atoms with Crippen molar-refractivity contribution in [2.24, 2.45) is 0 Å². The van der Waals surface area contributed by atoms with Crippen LogP contribution in [-0.2, 0) is 9.84 Å². The molecule has 2 aromatic rings. The summed E-state index contributed by atoms with van der Waals surface area (Å²) in [5.41, 5.74) is 1.64. The molecule has 7 nitrogen and oxygen atoms in total. The van der Waals surface area contributed by atoms with Gasteiger partial charge in [0.2, 0.25) is 5.95 Å². The molecule has 0 fully saturated rings. The number of aryl methyl sites for hydroxylation is 2. The van der Waals surface area contributed by atoms with E-state index in [1.165, 1.54) is 12.1 Å². The van der Waals surface area contributed by atoms with E-state index in [1.54, 1.807) is 32.0 Å². The predicted octanol–water partition coefficient (Wildman–Crippen LogP) is 2.14. The highest BCUT2D eigenvalue weighted by Crippen LogP contribution is 2.20. The monoisotopic (exact) mass is 320 g/mol. The first-order chi connectivity index (χ1) is 10.3. The smallest absolute Gasteiger partial charge is 0.306 e. The standard InChI is InChI=1S/C14H16N4O3S/c1-9-8-10(2)16-13(15-9)18-14(19)17-11-6-4-5-7-12(11)22(3,20)21/h4-8H,1-3H3,(H2,15,16,17,18,19). The topological polar surface area (TPSA) is 101 Å². The number of hydrogen-bond donors (Lipinski definition) is 2. The number of anilines is 2. The number of carbonyl (C=O) groups is 1. The zero-order valence-electron chi connectivity index (χ0n) is 12.4. The van der Waals surface area contributed by atoms with Gasteiger partial charge in [0.15, 0.2) is 9.84 Å². The van der Waals surface area contributed by atoms with Gasteiger partial charge in [-0.15, -0.1) is 0 Å². The van der Waals surface area contributed by atoms with Gasteiger partial charge in [-0.1, -0.05) is 12.1 Å². The lowest BCUT2D eigenvalue weighted by molar-refractivity contribution is 0.262. The molecule has 116 valence electrons. The van der Waals surface area contributed by atoms with Crippen LogP contribution in [0, 0.1) is 13.8 Å². The van der Waals surface area contributed by atoms with Crippen molar-refractivity contribution in [1.29, 1.82) is 0 Å². The number of benzene rings is 1. The summed E-state index contributed by atoms with van der Waals surface area (Å²) in [6, 6.07) is 7.34. The Morgan fingerprint density at radius 3 is 2.23 bits per heavy atom. The number of hydrogen-bond acceptors (Lipinski definition) is 5. The molecule has 0 bridgehead atoms. The molecule has 0 spiro atoms. The lowest BCUT2D eigenvalue weighted by atomic mass is 10.3. The van der Waals surface area contributed by atoms with Crippen molar-refractivity contribution in [3.8, 4) is 0 Å². The van der Waals surface area contributed by atoms with Crippen LogP contribution in [0.5, 0.6) is 0 Å². The van der Waals surface area contributed by atoms with E-state index in [0.29, 0.717) is 0 Å². The van der Waals surface area contributed by atoms with Crippen LogP contribution in [-0.4, -0.2) is 30.7 Å². The van der Waals surface area contributed by atoms with Gasteiger partial charge in [-0.3, -0.25) is 5.32 Å². The first-order valence-corrected chi connectivity index (χ1v) is 8.34. The number of nitrogens with one attached hydrogen (secondary N) is 2. The highest BCUT2D eigenvalue weighted by Gasteiger charge is 2.15. The zero-order chi connectivity index (χ0) is 16.3. The second-order valence-electron chi connectivity index (χ2n) is 4.82. The van der Waals surface area contributed by atoms with Crippen LogP contribution in [0.15, 0.2) is 35.2 Å². The van der Waals surface area contributed by atoms with E-state index in [1.807, 2.05) is 0 Å². The fourth-order valence-corrected chi connectivity index (χ4v) is 2.77. The molecule has 2 N–H and O–H groups in total. The first kappa shape index (κ1) is 15.9. The normalized spacial score (nSPS) is 11.0. The van der Waals surface area contributed by atoms with Crippen molar-refractivity contribution in [1.82, 2.24) is 9.97 Å². The maximum atomic E-state index is 12.0. The van der Waals surface area contributed by atoms with Gasteiger partial charge >= 0.3 is 6.03 Å². The largest absolute Gasteiger partial charge is 0.326 e. The average Bonchev–Trinajstić information content (AvgIpc) is 2.36. The number of carbonyl (C=O) groups excluding carboxylic acids is 1. The molecule has 0 atom stereocenters. The molecular weight excluding hydrogens is 304 g/mol. The number of sulfone groups is 1. The molecule has 2 amide bonds. The maximum Gasteiger partial charge on any atom is 0.326 e. The van der Waals surface area contributed by atoms with Gasteiger partial charge < -0.3 is 5.32 Å². The molecule has 1 aromatic carbocycles. The summed E-state index contributed by atoms with van der Waals surface area (Å²) >= 11 is 0. The van der Waals surface area contributed by atoms with Crippen molar-refractivity contribution in [2.75, 3.05) is 16.9 Å². The molecule has 22 heavy (non-hydrogen) atoms. The molecule has 2 rings (SSSR count). The van der Waals surface area contributed by atoms with Gasteiger partial charge in [0.1, 0.15) is 0 Å². The summed E-state index contributed by atoms with van der Waals surface area (Å²) in [5.74, 6) is 0.159. The fraction of sp³-hybridized carbons (Fsp3) is 0.214. The Morgan fingerprint density at radius 2 is 1.64 bits per heavy atom. The SMILES string of the molecule is Cc1cc(C)nc(NC(=O)Nc2ccccc2S(C)(=O)=O)n1. The van der Waals surface area contributed by atoms with Crippen LogP contribution in [0.1, 0.15) is 11.4 Å². The molecule has 1 heterocycles. The predicted molar refractivity (Wildman–Crippen MR) is 83.7 cm³/mol. The molecule has 1 aromatic heterocycles. The molecule has 0 unspecified atom stereocenters. The molecule has 0 radical (unpaired) electrons. The second-order valence-corrected chi connectivity index (χ2v) is 6.81. The third-order valence-corrected chi connectivity index (χ3v) is 3.90. The Kier molecular flexibility index (Phi) is 4.41. The minimum absolute atomic E-state index is 0.0477. The molecule has 0 aliphatic rings. The minimum Gasteiger partial charge on any atom is -0.306 e. The molecule has 8 heteroatoms. The maximum absolute atomic E-state index is 12.0. The summed E-state index contributed by atoms with van der Waals surface area (Å²) in [4.78, 5) is 20.2. The number of nitrogens with zero attached hydrogens (tertiary/aromatic N) is 2. The average molecular weight is 320 g/mol.